The van der Waals surface area contributed by atoms with Crippen LogP contribution in [0.4, 0.5) is 0 Å². The van der Waals surface area contributed by atoms with Gasteiger partial charge in [-0.15, -0.1) is 0 Å². The fourth-order valence-corrected chi connectivity index (χ4v) is 0.839. The van der Waals surface area contributed by atoms with E-state index < -0.39 is 27.6 Å². The first-order valence-corrected chi connectivity index (χ1v) is 5.41. The Morgan fingerprint density at radius 2 is 1.83 bits per heavy atom. The average molecular weight is 192 g/mol. The highest BCUT2D eigenvalue weighted by Gasteiger charge is 2.23. The number of carbonyl (C=O) groups excluding carboxylic acids is 1. The molecule has 0 aliphatic rings. The van der Waals surface area contributed by atoms with Gasteiger partial charge in [-0.2, -0.15) is 0 Å². The highest BCUT2D eigenvalue weighted by molar-refractivity contribution is 7.85. The molecule has 0 aliphatic heterocycles. The second kappa shape index (κ2) is 4.03. The van der Waals surface area contributed by atoms with Crippen molar-refractivity contribution in [2.75, 3.05) is 6.26 Å². The van der Waals surface area contributed by atoms with Gasteiger partial charge in [-0.1, -0.05) is 0 Å². The summed E-state index contributed by atoms with van der Waals surface area (Å²) in [6.07, 6.45) is 1.49. The van der Waals surface area contributed by atoms with Crippen LogP contribution in [0.1, 0.15) is 27.7 Å². The molecule has 0 amide bonds. The highest BCUT2D eigenvalue weighted by Crippen LogP contribution is 2.09. The largest absolute Gasteiger partial charge is 0.459 e. The normalized spacial score (nSPS) is 16.8. The average Bonchev–Trinajstić information content (AvgIpc) is 1.82. The molecule has 0 saturated carbocycles. The fraction of sp³-hybridized carbons (Fsp3) is 0.875. The van der Waals surface area contributed by atoms with E-state index >= 15 is 0 Å². The van der Waals surface area contributed by atoms with Crippen LogP contribution in [-0.4, -0.2) is 27.3 Å². The summed E-state index contributed by atoms with van der Waals surface area (Å²) in [6.45, 7) is 6.97. The Bertz CT molecular complexity index is 193. The summed E-state index contributed by atoms with van der Waals surface area (Å²) in [5.74, 6) is -0.400. The van der Waals surface area contributed by atoms with Crippen molar-refractivity contribution in [1.29, 1.82) is 0 Å². The van der Waals surface area contributed by atoms with Crippen molar-refractivity contribution in [2.45, 2.75) is 38.5 Å². The van der Waals surface area contributed by atoms with Gasteiger partial charge in [0.25, 0.3) is 0 Å². The molecule has 4 heteroatoms. The smallest absolute Gasteiger partial charge is 0.321 e. The number of hydrogen-bond acceptors (Lipinski definition) is 3. The van der Waals surface area contributed by atoms with Gasteiger partial charge in [0.05, 0.1) is 0 Å². The van der Waals surface area contributed by atoms with E-state index in [0.29, 0.717) is 0 Å². The third-order valence-corrected chi connectivity index (χ3v) is 2.42. The topological polar surface area (TPSA) is 43.4 Å². The number of carbonyl (C=O) groups is 1. The van der Waals surface area contributed by atoms with Crippen LogP contribution in [0.25, 0.3) is 0 Å². The van der Waals surface area contributed by atoms with Crippen LogP contribution >= 0.6 is 0 Å². The Labute approximate surface area is 75.9 Å². The molecule has 3 nitrogen and oxygen atoms in total. The van der Waals surface area contributed by atoms with E-state index in [1.807, 2.05) is 0 Å². The van der Waals surface area contributed by atoms with Crippen molar-refractivity contribution >= 4 is 16.8 Å². The standard InChI is InChI=1S/C8H16O3S/c1-6(12(5)10)7(9)11-8(2,3)4/h6H,1-5H3. The van der Waals surface area contributed by atoms with E-state index in [9.17, 15) is 9.00 Å². The Morgan fingerprint density at radius 1 is 1.42 bits per heavy atom. The summed E-state index contributed by atoms with van der Waals surface area (Å²) in [4.78, 5) is 11.2. The Kier molecular flexibility index (Phi) is 3.90. The van der Waals surface area contributed by atoms with Gasteiger partial charge in [0.1, 0.15) is 10.9 Å². The monoisotopic (exact) mass is 192 g/mol. The molecule has 0 saturated heterocycles. The second-order valence-corrected chi connectivity index (χ2v) is 5.38. The van der Waals surface area contributed by atoms with Crippen molar-refractivity contribution in [3.8, 4) is 0 Å². The summed E-state index contributed by atoms with van der Waals surface area (Å²) in [5.41, 5.74) is -0.495. The summed E-state index contributed by atoms with van der Waals surface area (Å²) in [7, 11) is -1.15. The molecule has 2 unspecified atom stereocenters. The number of esters is 1. The zero-order valence-electron chi connectivity index (χ0n) is 8.21. The molecule has 0 rings (SSSR count). The zero-order valence-corrected chi connectivity index (χ0v) is 9.03. The maximum atomic E-state index is 11.2. The molecule has 72 valence electrons. The van der Waals surface area contributed by atoms with Gasteiger partial charge in [0.2, 0.25) is 0 Å². The van der Waals surface area contributed by atoms with E-state index in [1.165, 1.54) is 6.26 Å². The van der Waals surface area contributed by atoms with Gasteiger partial charge < -0.3 is 4.74 Å². The molecule has 12 heavy (non-hydrogen) atoms. The summed E-state index contributed by atoms with van der Waals surface area (Å²) >= 11 is 0. The van der Waals surface area contributed by atoms with Gasteiger partial charge in [0, 0.05) is 17.1 Å². The fourth-order valence-electron chi connectivity index (χ4n) is 0.520. The highest BCUT2D eigenvalue weighted by atomic mass is 32.2. The van der Waals surface area contributed by atoms with Crippen molar-refractivity contribution in [3.63, 3.8) is 0 Å². The number of ether oxygens (including phenoxy) is 1. The molecule has 0 radical (unpaired) electrons. The maximum absolute atomic E-state index is 11.2. The quantitative estimate of drug-likeness (QED) is 0.615. The molecule has 0 bridgehead atoms. The maximum Gasteiger partial charge on any atom is 0.321 e. The summed E-state index contributed by atoms with van der Waals surface area (Å²) < 4.78 is 15.9. The molecule has 0 N–H and O–H groups in total. The van der Waals surface area contributed by atoms with E-state index in [-0.39, 0.29) is 0 Å². The lowest BCUT2D eigenvalue weighted by Gasteiger charge is -2.21. The van der Waals surface area contributed by atoms with Crippen molar-refractivity contribution in [3.05, 3.63) is 0 Å². The third kappa shape index (κ3) is 4.49. The zero-order chi connectivity index (χ0) is 9.94. The molecule has 2 atom stereocenters. The minimum atomic E-state index is -1.15. The third-order valence-electron chi connectivity index (χ3n) is 1.24. The van der Waals surface area contributed by atoms with Crippen LogP contribution in [0.15, 0.2) is 0 Å². The van der Waals surface area contributed by atoms with Gasteiger partial charge in [-0.3, -0.25) is 9.00 Å². The van der Waals surface area contributed by atoms with Crippen molar-refractivity contribution in [1.82, 2.24) is 0 Å². The molecule has 0 heterocycles. The van der Waals surface area contributed by atoms with E-state index in [2.05, 4.69) is 0 Å². The molecule has 0 aromatic rings. The lowest BCUT2D eigenvalue weighted by Crippen LogP contribution is -2.32. The molecule has 0 aromatic heterocycles. The lowest BCUT2D eigenvalue weighted by atomic mass is 10.2. The van der Waals surface area contributed by atoms with Crippen LogP contribution in [0.2, 0.25) is 0 Å². The van der Waals surface area contributed by atoms with Crippen LogP contribution < -0.4 is 0 Å². The first-order chi connectivity index (χ1) is 5.24. The van der Waals surface area contributed by atoms with Gasteiger partial charge in [0.15, 0.2) is 0 Å². The molecule has 0 aromatic carbocycles. The molecular formula is C8H16O3S. The predicted octanol–water partition coefficient (Wildman–Crippen LogP) is 1.10. The summed E-state index contributed by atoms with van der Waals surface area (Å²) in [6, 6.07) is 0. The SMILES string of the molecule is CC(C(=O)OC(C)(C)C)S(C)=O. The van der Waals surface area contributed by atoms with E-state index in [0.717, 1.165) is 0 Å². The number of hydrogen-bond donors (Lipinski definition) is 0. The minimum absolute atomic E-state index is 0.400. The first-order valence-electron chi connectivity index (χ1n) is 3.79. The predicted molar refractivity (Wildman–Crippen MR) is 49.4 cm³/mol. The van der Waals surface area contributed by atoms with E-state index in [4.69, 9.17) is 4.74 Å². The Hall–Kier alpha value is -0.380. The summed E-state index contributed by atoms with van der Waals surface area (Å²) in [5, 5.41) is -0.538. The van der Waals surface area contributed by atoms with Crippen LogP contribution in [-0.2, 0) is 20.3 Å². The van der Waals surface area contributed by atoms with E-state index in [1.54, 1.807) is 27.7 Å². The molecule has 0 fully saturated rings. The van der Waals surface area contributed by atoms with Gasteiger partial charge in [-0.25, -0.2) is 0 Å². The minimum Gasteiger partial charge on any atom is -0.459 e. The van der Waals surface area contributed by atoms with Gasteiger partial charge in [-0.05, 0) is 27.7 Å². The van der Waals surface area contributed by atoms with Crippen LogP contribution in [0.3, 0.4) is 0 Å². The lowest BCUT2D eigenvalue weighted by molar-refractivity contribution is -0.153. The molecular weight excluding hydrogens is 176 g/mol. The first kappa shape index (κ1) is 11.6. The second-order valence-electron chi connectivity index (χ2n) is 3.67. The molecule has 0 spiro atoms. The van der Waals surface area contributed by atoms with Crippen molar-refractivity contribution in [2.24, 2.45) is 0 Å². The number of rotatable bonds is 2. The molecule has 0 aliphatic carbocycles. The Balaban J connectivity index is 4.15. The van der Waals surface area contributed by atoms with Crippen LogP contribution in [0.5, 0.6) is 0 Å². The van der Waals surface area contributed by atoms with Crippen molar-refractivity contribution < 1.29 is 13.7 Å². The van der Waals surface area contributed by atoms with Gasteiger partial charge >= 0.3 is 5.97 Å². The van der Waals surface area contributed by atoms with Crippen LogP contribution in [0, 0.1) is 0 Å². The Morgan fingerprint density at radius 3 is 2.08 bits per heavy atom.